The van der Waals surface area contributed by atoms with Gasteiger partial charge in [0.05, 0.1) is 17.7 Å². The van der Waals surface area contributed by atoms with Gasteiger partial charge in [-0.3, -0.25) is 0 Å². The highest BCUT2D eigenvalue weighted by Gasteiger charge is 2.16. The van der Waals surface area contributed by atoms with Crippen LogP contribution in [0.5, 0.6) is 0 Å². The van der Waals surface area contributed by atoms with Crippen molar-refractivity contribution in [2.24, 2.45) is 5.73 Å². The fourth-order valence-electron chi connectivity index (χ4n) is 1.66. The van der Waals surface area contributed by atoms with Crippen LogP contribution >= 0.6 is 34.2 Å². The molecule has 0 fully saturated rings. The van der Waals surface area contributed by atoms with Crippen LogP contribution in [0.1, 0.15) is 24.4 Å². The standard InChI is InChI=1S/C12H13ClINO/c13-9-7-8(4-5-10(9)14)12(15)11-3-1-2-6-16-11/h3-5,7,12H,1-2,6,15H2. The topological polar surface area (TPSA) is 35.2 Å². The van der Waals surface area contributed by atoms with Crippen LogP contribution in [0.25, 0.3) is 0 Å². The Morgan fingerprint density at radius 1 is 1.44 bits per heavy atom. The number of halogens is 2. The van der Waals surface area contributed by atoms with Gasteiger partial charge in [0.1, 0.15) is 5.76 Å². The summed E-state index contributed by atoms with van der Waals surface area (Å²) in [7, 11) is 0. The molecule has 1 heterocycles. The summed E-state index contributed by atoms with van der Waals surface area (Å²) in [5, 5.41) is 0.741. The molecule has 0 aliphatic carbocycles. The third-order valence-electron chi connectivity index (χ3n) is 2.57. The van der Waals surface area contributed by atoms with Gasteiger partial charge in [0.2, 0.25) is 0 Å². The first-order valence-electron chi connectivity index (χ1n) is 5.22. The molecule has 0 aromatic heterocycles. The van der Waals surface area contributed by atoms with Gasteiger partial charge in [-0.15, -0.1) is 0 Å². The molecule has 1 aliphatic rings. The van der Waals surface area contributed by atoms with Gasteiger partial charge in [0.15, 0.2) is 0 Å². The molecule has 0 saturated carbocycles. The lowest BCUT2D eigenvalue weighted by molar-refractivity contribution is 0.176. The lowest BCUT2D eigenvalue weighted by atomic mass is 10.0. The minimum atomic E-state index is -0.199. The monoisotopic (exact) mass is 349 g/mol. The molecule has 1 aliphatic heterocycles. The zero-order valence-corrected chi connectivity index (χ0v) is 11.7. The molecule has 0 bridgehead atoms. The molecule has 2 nitrogen and oxygen atoms in total. The molecule has 1 atom stereocenters. The van der Waals surface area contributed by atoms with Gasteiger partial charge in [-0.05, 0) is 59.2 Å². The summed E-state index contributed by atoms with van der Waals surface area (Å²) in [6.45, 7) is 0.762. The van der Waals surface area contributed by atoms with Crippen molar-refractivity contribution >= 4 is 34.2 Å². The fourth-order valence-corrected chi connectivity index (χ4v) is 2.19. The van der Waals surface area contributed by atoms with Gasteiger partial charge >= 0.3 is 0 Å². The Morgan fingerprint density at radius 2 is 2.25 bits per heavy atom. The third-order valence-corrected chi connectivity index (χ3v) is 4.14. The van der Waals surface area contributed by atoms with Gasteiger partial charge in [-0.25, -0.2) is 0 Å². The number of hydrogen-bond acceptors (Lipinski definition) is 2. The van der Waals surface area contributed by atoms with Crippen molar-refractivity contribution in [3.05, 3.63) is 44.2 Å². The van der Waals surface area contributed by atoms with E-state index in [1.54, 1.807) is 0 Å². The lowest BCUT2D eigenvalue weighted by Crippen LogP contribution is -2.17. The van der Waals surface area contributed by atoms with E-state index in [9.17, 15) is 0 Å². The maximum Gasteiger partial charge on any atom is 0.113 e. The Labute approximate surface area is 114 Å². The van der Waals surface area contributed by atoms with E-state index in [0.717, 1.165) is 39.4 Å². The summed E-state index contributed by atoms with van der Waals surface area (Å²) in [6.07, 6.45) is 4.19. The highest BCUT2D eigenvalue weighted by Crippen LogP contribution is 2.27. The Bertz CT molecular complexity index is 419. The van der Waals surface area contributed by atoms with Crippen LogP contribution in [0.15, 0.2) is 30.0 Å². The highest BCUT2D eigenvalue weighted by atomic mass is 127. The Balaban J connectivity index is 2.22. The summed E-state index contributed by atoms with van der Waals surface area (Å²) in [5.41, 5.74) is 7.13. The van der Waals surface area contributed by atoms with Crippen molar-refractivity contribution in [1.82, 2.24) is 0 Å². The Morgan fingerprint density at radius 3 is 2.88 bits per heavy atom. The van der Waals surface area contributed by atoms with Crippen molar-refractivity contribution in [3.8, 4) is 0 Å². The molecule has 1 aromatic rings. The molecule has 4 heteroatoms. The highest BCUT2D eigenvalue weighted by molar-refractivity contribution is 14.1. The lowest BCUT2D eigenvalue weighted by Gasteiger charge is -2.21. The van der Waals surface area contributed by atoms with E-state index in [0.29, 0.717) is 0 Å². The van der Waals surface area contributed by atoms with Crippen molar-refractivity contribution in [2.45, 2.75) is 18.9 Å². The molecule has 16 heavy (non-hydrogen) atoms. The molecular formula is C12H13ClINO. The molecule has 0 spiro atoms. The van der Waals surface area contributed by atoms with Gasteiger partial charge < -0.3 is 10.5 Å². The molecule has 1 aromatic carbocycles. The first kappa shape index (κ1) is 12.2. The molecule has 0 saturated heterocycles. The minimum absolute atomic E-state index is 0.199. The second-order valence-electron chi connectivity index (χ2n) is 3.75. The normalized spacial score (nSPS) is 17.6. The number of hydrogen-bond donors (Lipinski definition) is 1. The molecule has 1 unspecified atom stereocenters. The van der Waals surface area contributed by atoms with Crippen LogP contribution < -0.4 is 5.73 Å². The second kappa shape index (κ2) is 5.38. The number of benzene rings is 1. The van der Waals surface area contributed by atoms with Crippen molar-refractivity contribution in [3.63, 3.8) is 0 Å². The summed E-state index contributed by atoms with van der Waals surface area (Å²) >= 11 is 8.27. The van der Waals surface area contributed by atoms with E-state index in [2.05, 4.69) is 28.7 Å². The van der Waals surface area contributed by atoms with Crippen molar-refractivity contribution in [2.75, 3.05) is 6.61 Å². The van der Waals surface area contributed by atoms with Crippen LogP contribution in [0, 0.1) is 3.57 Å². The average Bonchev–Trinajstić information content (AvgIpc) is 2.33. The average molecular weight is 350 g/mol. The van der Waals surface area contributed by atoms with Crippen molar-refractivity contribution < 1.29 is 4.74 Å². The number of rotatable bonds is 2. The van der Waals surface area contributed by atoms with Crippen LogP contribution in [0.2, 0.25) is 5.02 Å². The summed E-state index contributed by atoms with van der Waals surface area (Å²) in [5.74, 6) is 0.864. The zero-order chi connectivity index (χ0) is 11.5. The number of nitrogens with two attached hydrogens (primary N) is 1. The Kier molecular flexibility index (Phi) is 4.10. The SMILES string of the molecule is NC(C1=CCCCO1)c1ccc(I)c(Cl)c1. The third kappa shape index (κ3) is 2.70. The van der Waals surface area contributed by atoms with E-state index >= 15 is 0 Å². The van der Waals surface area contributed by atoms with E-state index in [1.807, 2.05) is 18.2 Å². The molecule has 0 amide bonds. The van der Waals surface area contributed by atoms with Gasteiger partial charge in [0, 0.05) is 3.57 Å². The van der Waals surface area contributed by atoms with E-state index in [4.69, 9.17) is 22.1 Å². The molecular weight excluding hydrogens is 336 g/mol. The summed E-state index contributed by atoms with van der Waals surface area (Å²) in [4.78, 5) is 0. The maximum atomic E-state index is 6.13. The van der Waals surface area contributed by atoms with Crippen LogP contribution in [0.3, 0.4) is 0 Å². The molecule has 86 valence electrons. The number of ether oxygens (including phenoxy) is 1. The van der Waals surface area contributed by atoms with Crippen LogP contribution in [-0.2, 0) is 4.74 Å². The Hall–Kier alpha value is -0.260. The van der Waals surface area contributed by atoms with Gasteiger partial charge in [-0.2, -0.15) is 0 Å². The minimum Gasteiger partial charge on any atom is -0.496 e. The molecule has 2 rings (SSSR count). The number of allylic oxidation sites excluding steroid dienone is 1. The van der Waals surface area contributed by atoms with Gasteiger partial charge in [0.25, 0.3) is 0 Å². The predicted octanol–water partition coefficient (Wildman–Crippen LogP) is 3.64. The van der Waals surface area contributed by atoms with E-state index in [1.165, 1.54) is 0 Å². The first-order valence-corrected chi connectivity index (χ1v) is 6.67. The van der Waals surface area contributed by atoms with Gasteiger partial charge in [-0.1, -0.05) is 17.7 Å². The zero-order valence-electron chi connectivity index (χ0n) is 8.75. The maximum absolute atomic E-state index is 6.13. The van der Waals surface area contributed by atoms with E-state index in [-0.39, 0.29) is 6.04 Å². The summed E-state index contributed by atoms with van der Waals surface area (Å²) in [6, 6.07) is 5.68. The van der Waals surface area contributed by atoms with Crippen LogP contribution in [-0.4, -0.2) is 6.61 Å². The van der Waals surface area contributed by atoms with Crippen molar-refractivity contribution in [1.29, 1.82) is 0 Å². The molecule has 2 N–H and O–H groups in total. The fraction of sp³-hybridized carbons (Fsp3) is 0.333. The van der Waals surface area contributed by atoms with E-state index < -0.39 is 0 Å². The first-order chi connectivity index (χ1) is 7.68. The second-order valence-corrected chi connectivity index (χ2v) is 5.32. The smallest absolute Gasteiger partial charge is 0.113 e. The molecule has 0 radical (unpaired) electrons. The largest absolute Gasteiger partial charge is 0.496 e. The van der Waals surface area contributed by atoms with Crippen LogP contribution in [0.4, 0.5) is 0 Å². The quantitative estimate of drug-likeness (QED) is 0.827. The summed E-state index contributed by atoms with van der Waals surface area (Å²) < 4.78 is 6.59. The predicted molar refractivity (Wildman–Crippen MR) is 74.4 cm³/mol.